The number of nitrogens with one attached hydrogen (secondary N) is 1. The molecule has 3 rings (SSSR count). The second-order valence-corrected chi connectivity index (χ2v) is 5.85. The number of nitrogens with two attached hydrogens (primary N) is 1. The molecule has 0 radical (unpaired) electrons. The monoisotopic (exact) mass is 317 g/mol. The van der Waals surface area contributed by atoms with Crippen molar-refractivity contribution >= 4 is 33.3 Å². The first-order valence-corrected chi connectivity index (χ1v) is 7.40. The third-order valence-corrected chi connectivity index (χ3v) is 4.50. The van der Waals surface area contributed by atoms with Gasteiger partial charge in [-0.1, -0.05) is 0 Å². The van der Waals surface area contributed by atoms with Crippen LogP contribution in [-0.4, -0.2) is 29.2 Å². The Morgan fingerprint density at radius 1 is 1.29 bits per heavy atom. The fourth-order valence-corrected chi connectivity index (χ4v) is 3.32. The van der Waals surface area contributed by atoms with Crippen molar-refractivity contribution in [1.29, 1.82) is 0 Å². The van der Waals surface area contributed by atoms with Gasteiger partial charge in [-0.3, -0.25) is 5.43 Å². The third kappa shape index (κ3) is 2.75. The van der Waals surface area contributed by atoms with E-state index in [1.165, 1.54) is 11.3 Å². The Bertz CT molecular complexity index is 633. The molecule has 0 aliphatic carbocycles. The summed E-state index contributed by atoms with van der Waals surface area (Å²) in [7, 11) is 0. The number of aromatic nitrogens is 2. The highest BCUT2D eigenvalue weighted by Crippen LogP contribution is 2.37. The molecular formula is C12H14F3N5S. The van der Waals surface area contributed by atoms with Crippen molar-refractivity contribution in [2.45, 2.75) is 19.0 Å². The van der Waals surface area contributed by atoms with Crippen LogP contribution < -0.4 is 16.2 Å². The molecule has 1 aliphatic rings. The van der Waals surface area contributed by atoms with Crippen molar-refractivity contribution < 1.29 is 13.2 Å². The number of halogens is 3. The van der Waals surface area contributed by atoms with Gasteiger partial charge in [-0.25, -0.2) is 10.8 Å². The minimum absolute atomic E-state index is 0.0878. The Balaban J connectivity index is 1.86. The van der Waals surface area contributed by atoms with Crippen LogP contribution in [0.5, 0.6) is 0 Å². The average molecular weight is 317 g/mol. The van der Waals surface area contributed by atoms with Gasteiger partial charge < -0.3 is 4.90 Å². The molecule has 114 valence electrons. The number of nitrogen functional groups attached to an aromatic ring is 1. The van der Waals surface area contributed by atoms with Crippen LogP contribution in [-0.2, 0) is 0 Å². The van der Waals surface area contributed by atoms with E-state index in [9.17, 15) is 13.2 Å². The lowest BCUT2D eigenvalue weighted by molar-refractivity contribution is -0.179. The summed E-state index contributed by atoms with van der Waals surface area (Å²) in [6.07, 6.45) is -3.94. The molecule has 0 bridgehead atoms. The van der Waals surface area contributed by atoms with Gasteiger partial charge in [0.2, 0.25) is 5.95 Å². The van der Waals surface area contributed by atoms with Crippen molar-refractivity contribution in [2.75, 3.05) is 23.4 Å². The number of nitrogens with zero attached hydrogens (tertiary/aromatic N) is 3. The van der Waals surface area contributed by atoms with Gasteiger partial charge in [0.05, 0.1) is 11.3 Å². The summed E-state index contributed by atoms with van der Waals surface area (Å²) in [6.45, 7) is 0.659. The summed E-state index contributed by atoms with van der Waals surface area (Å²) in [6, 6.07) is 1.88. The molecule has 3 N–H and O–H groups in total. The molecule has 1 aliphatic heterocycles. The largest absolute Gasteiger partial charge is 0.391 e. The van der Waals surface area contributed by atoms with Crippen molar-refractivity contribution in [3.05, 3.63) is 11.4 Å². The Morgan fingerprint density at radius 2 is 2.00 bits per heavy atom. The predicted molar refractivity (Wildman–Crippen MR) is 76.2 cm³/mol. The Labute approximate surface area is 122 Å². The smallest absolute Gasteiger partial charge is 0.356 e. The van der Waals surface area contributed by atoms with Crippen molar-refractivity contribution in [2.24, 2.45) is 11.8 Å². The second-order valence-electron chi connectivity index (χ2n) is 4.96. The molecule has 0 aromatic carbocycles. The number of hydrazine groups is 1. The van der Waals surface area contributed by atoms with E-state index in [1.54, 1.807) is 0 Å². The summed E-state index contributed by atoms with van der Waals surface area (Å²) in [5, 5.41) is 2.73. The minimum atomic E-state index is -4.11. The quantitative estimate of drug-likeness (QED) is 0.658. The maximum atomic E-state index is 12.7. The molecular weight excluding hydrogens is 303 g/mol. The van der Waals surface area contributed by atoms with Gasteiger partial charge in [-0.2, -0.15) is 18.2 Å². The van der Waals surface area contributed by atoms with Crippen LogP contribution in [0.2, 0.25) is 0 Å². The first-order chi connectivity index (χ1) is 9.99. The summed E-state index contributed by atoms with van der Waals surface area (Å²) < 4.78 is 38.2. The molecule has 2 aromatic rings. The van der Waals surface area contributed by atoms with Gasteiger partial charge in [0.25, 0.3) is 0 Å². The third-order valence-electron chi connectivity index (χ3n) is 3.69. The summed E-state index contributed by atoms with van der Waals surface area (Å²) in [4.78, 5) is 11.2. The van der Waals surface area contributed by atoms with E-state index in [1.807, 2.05) is 16.3 Å². The zero-order chi connectivity index (χ0) is 15.0. The maximum absolute atomic E-state index is 12.7. The lowest BCUT2D eigenvalue weighted by atomic mass is 9.96. The Hall–Kier alpha value is -1.61. The molecule has 0 atom stereocenters. The van der Waals surface area contributed by atoms with Gasteiger partial charge in [0.15, 0.2) is 0 Å². The molecule has 5 nitrogen and oxygen atoms in total. The van der Waals surface area contributed by atoms with Gasteiger partial charge in [0, 0.05) is 13.1 Å². The number of thiophene rings is 1. The summed E-state index contributed by atoms with van der Waals surface area (Å²) in [5.41, 5.74) is 2.40. The summed E-state index contributed by atoms with van der Waals surface area (Å²) >= 11 is 1.45. The molecule has 9 heteroatoms. The topological polar surface area (TPSA) is 67.1 Å². The van der Waals surface area contributed by atoms with E-state index in [-0.39, 0.29) is 18.8 Å². The fraction of sp³-hybridized carbons (Fsp3) is 0.500. The van der Waals surface area contributed by atoms with Crippen molar-refractivity contribution in [1.82, 2.24) is 9.97 Å². The van der Waals surface area contributed by atoms with Gasteiger partial charge in [0.1, 0.15) is 10.6 Å². The molecule has 3 heterocycles. The first-order valence-electron chi connectivity index (χ1n) is 6.52. The highest BCUT2D eigenvalue weighted by molar-refractivity contribution is 7.16. The lowest BCUT2D eigenvalue weighted by Gasteiger charge is -2.34. The van der Waals surface area contributed by atoms with Crippen LogP contribution in [0.4, 0.5) is 24.9 Å². The average Bonchev–Trinajstić information content (AvgIpc) is 2.93. The van der Waals surface area contributed by atoms with Crippen LogP contribution in [0.15, 0.2) is 11.4 Å². The van der Waals surface area contributed by atoms with E-state index in [2.05, 4.69) is 15.4 Å². The van der Waals surface area contributed by atoms with E-state index < -0.39 is 12.1 Å². The highest BCUT2D eigenvalue weighted by atomic mass is 32.1. The molecule has 1 fully saturated rings. The first kappa shape index (κ1) is 14.3. The van der Waals surface area contributed by atoms with Crippen molar-refractivity contribution in [3.63, 3.8) is 0 Å². The number of hydrogen-bond donors (Lipinski definition) is 2. The van der Waals surface area contributed by atoms with Gasteiger partial charge in [-0.05, 0) is 24.3 Å². The highest BCUT2D eigenvalue weighted by Gasteiger charge is 2.41. The Morgan fingerprint density at radius 3 is 2.62 bits per heavy atom. The van der Waals surface area contributed by atoms with E-state index in [4.69, 9.17) is 5.84 Å². The van der Waals surface area contributed by atoms with E-state index in [0.717, 1.165) is 10.2 Å². The molecule has 0 spiro atoms. The number of rotatable bonds is 2. The van der Waals surface area contributed by atoms with Crippen LogP contribution in [0, 0.1) is 5.92 Å². The predicted octanol–water partition coefficient (Wildman–Crippen LogP) is 2.76. The van der Waals surface area contributed by atoms with Crippen LogP contribution in [0.3, 0.4) is 0 Å². The van der Waals surface area contributed by atoms with Crippen molar-refractivity contribution in [3.8, 4) is 0 Å². The van der Waals surface area contributed by atoms with Gasteiger partial charge in [-0.15, -0.1) is 11.3 Å². The lowest BCUT2D eigenvalue weighted by Crippen LogP contribution is -2.39. The standard InChI is InChI=1S/C12H14F3N5S/c13-12(14,15)7-1-4-20(5-2-7)9-8-3-6-21-10(8)18-11(17-9)19-16/h3,6-7H,1-2,4-5,16H2,(H,17,18,19). The molecule has 0 amide bonds. The molecule has 1 saturated heterocycles. The van der Waals surface area contributed by atoms with Crippen LogP contribution in [0.1, 0.15) is 12.8 Å². The minimum Gasteiger partial charge on any atom is -0.356 e. The zero-order valence-corrected chi connectivity index (χ0v) is 11.8. The normalized spacial score (nSPS) is 17.4. The number of fused-ring (bicyclic) bond motifs is 1. The molecule has 0 saturated carbocycles. The molecule has 21 heavy (non-hydrogen) atoms. The van der Waals surface area contributed by atoms with E-state index >= 15 is 0 Å². The maximum Gasteiger partial charge on any atom is 0.391 e. The number of piperidine rings is 1. The fourth-order valence-electron chi connectivity index (χ4n) is 2.56. The van der Waals surface area contributed by atoms with Crippen LogP contribution >= 0.6 is 11.3 Å². The number of alkyl halides is 3. The summed E-state index contributed by atoms with van der Waals surface area (Å²) in [5.74, 6) is 5.05. The number of hydrogen-bond acceptors (Lipinski definition) is 6. The number of anilines is 2. The van der Waals surface area contributed by atoms with Gasteiger partial charge >= 0.3 is 6.18 Å². The Kier molecular flexibility index (Phi) is 3.62. The van der Waals surface area contributed by atoms with Crippen LogP contribution in [0.25, 0.3) is 10.2 Å². The SMILES string of the molecule is NNc1nc(N2CCC(C(F)(F)F)CC2)c2ccsc2n1. The molecule has 2 aromatic heterocycles. The zero-order valence-electron chi connectivity index (χ0n) is 11.0. The van der Waals surface area contributed by atoms with E-state index in [0.29, 0.717) is 18.9 Å². The second kappa shape index (κ2) is 5.30. The molecule has 0 unspecified atom stereocenters.